The van der Waals surface area contributed by atoms with Gasteiger partial charge in [-0.15, -0.1) is 0 Å². The van der Waals surface area contributed by atoms with Crippen LogP contribution in [-0.2, 0) is 9.59 Å². The van der Waals surface area contributed by atoms with Crippen molar-refractivity contribution in [3.63, 3.8) is 0 Å². The molecule has 3 amide bonds. The molecule has 4 rings (SSSR count). The second kappa shape index (κ2) is 4.27. The first-order valence-electron chi connectivity index (χ1n) is 6.85. The molecule has 1 saturated heterocycles. The number of piperidine rings is 1. The van der Waals surface area contributed by atoms with E-state index in [0.717, 1.165) is 0 Å². The van der Waals surface area contributed by atoms with Crippen LogP contribution in [0.2, 0.25) is 0 Å². The molecule has 2 N–H and O–H groups in total. The highest BCUT2D eigenvalue weighted by Gasteiger charge is 2.41. The fourth-order valence-electron chi connectivity index (χ4n) is 3.10. The number of amides is 3. The summed E-state index contributed by atoms with van der Waals surface area (Å²) in [5, 5.41) is 12.6. The highest BCUT2D eigenvalue weighted by Crippen LogP contribution is 2.40. The Morgan fingerprint density at radius 3 is 2.86 bits per heavy atom. The Labute approximate surface area is 124 Å². The number of hydrogen-bond acceptors (Lipinski definition) is 5. The molecule has 22 heavy (non-hydrogen) atoms. The van der Waals surface area contributed by atoms with Crippen molar-refractivity contribution in [1.82, 2.24) is 10.3 Å². The van der Waals surface area contributed by atoms with Gasteiger partial charge in [0.2, 0.25) is 11.8 Å². The van der Waals surface area contributed by atoms with E-state index >= 15 is 0 Å². The molecule has 1 aromatic carbocycles. The second-order valence-corrected chi connectivity index (χ2v) is 5.36. The van der Waals surface area contributed by atoms with Crippen LogP contribution >= 0.6 is 0 Å². The normalized spacial score (nSPS) is 20.6. The average molecular weight is 297 g/mol. The molecule has 7 nitrogen and oxygen atoms in total. The van der Waals surface area contributed by atoms with Gasteiger partial charge >= 0.3 is 0 Å². The molecule has 1 atom stereocenters. The van der Waals surface area contributed by atoms with Gasteiger partial charge in [0, 0.05) is 24.1 Å². The summed E-state index contributed by atoms with van der Waals surface area (Å²) in [6.45, 7) is 0. The van der Waals surface area contributed by atoms with Crippen LogP contribution in [0.25, 0.3) is 10.9 Å². The minimum atomic E-state index is -0.731. The number of aromatic nitrogens is 1. The van der Waals surface area contributed by atoms with Gasteiger partial charge in [0.05, 0.1) is 16.8 Å². The predicted molar refractivity (Wildman–Crippen MR) is 76.4 cm³/mol. The zero-order valence-corrected chi connectivity index (χ0v) is 11.4. The van der Waals surface area contributed by atoms with Crippen LogP contribution in [0.15, 0.2) is 24.4 Å². The molecule has 7 heteroatoms. The second-order valence-electron chi connectivity index (χ2n) is 5.36. The molecule has 0 aliphatic carbocycles. The van der Waals surface area contributed by atoms with E-state index < -0.39 is 11.9 Å². The molecule has 3 heterocycles. The number of aromatic hydroxyl groups is 1. The first kappa shape index (κ1) is 12.8. The summed E-state index contributed by atoms with van der Waals surface area (Å²) >= 11 is 0. The lowest BCUT2D eigenvalue weighted by atomic mass is 10.0. The average Bonchev–Trinajstić information content (AvgIpc) is 2.74. The fourth-order valence-corrected chi connectivity index (χ4v) is 3.10. The van der Waals surface area contributed by atoms with Crippen molar-refractivity contribution < 1.29 is 19.5 Å². The van der Waals surface area contributed by atoms with Crippen LogP contribution in [0.5, 0.6) is 5.75 Å². The van der Waals surface area contributed by atoms with Crippen LogP contribution in [0.1, 0.15) is 23.2 Å². The number of nitrogens with one attached hydrogen (secondary N) is 1. The summed E-state index contributed by atoms with van der Waals surface area (Å²) in [4.78, 5) is 41.6. The Kier molecular flexibility index (Phi) is 2.47. The van der Waals surface area contributed by atoms with Gasteiger partial charge in [-0.25, -0.2) is 0 Å². The Morgan fingerprint density at radius 1 is 1.27 bits per heavy atom. The molecule has 1 fully saturated rings. The first-order valence-corrected chi connectivity index (χ1v) is 6.85. The Hall–Kier alpha value is -2.96. The molecule has 0 radical (unpaired) electrons. The van der Waals surface area contributed by atoms with Crippen LogP contribution in [0, 0.1) is 0 Å². The van der Waals surface area contributed by atoms with Crippen molar-refractivity contribution >= 4 is 34.3 Å². The number of carbonyl (C=O) groups excluding carboxylic acids is 3. The van der Waals surface area contributed by atoms with Crippen molar-refractivity contribution in [1.29, 1.82) is 0 Å². The number of pyridine rings is 1. The molecule has 2 aliphatic rings. The van der Waals surface area contributed by atoms with Gasteiger partial charge in [-0.05, 0) is 18.6 Å². The molecule has 1 unspecified atom stereocenters. The summed E-state index contributed by atoms with van der Waals surface area (Å²) in [6, 6.07) is 3.79. The van der Waals surface area contributed by atoms with E-state index in [1.165, 1.54) is 23.2 Å². The van der Waals surface area contributed by atoms with E-state index in [0.29, 0.717) is 22.2 Å². The van der Waals surface area contributed by atoms with E-state index in [1.54, 1.807) is 6.07 Å². The Bertz CT molecular complexity index is 861. The number of phenols is 1. The summed E-state index contributed by atoms with van der Waals surface area (Å²) < 4.78 is 0. The van der Waals surface area contributed by atoms with Gasteiger partial charge in [-0.2, -0.15) is 0 Å². The van der Waals surface area contributed by atoms with Crippen molar-refractivity contribution in [2.75, 3.05) is 4.90 Å². The Morgan fingerprint density at radius 2 is 2.09 bits per heavy atom. The van der Waals surface area contributed by atoms with Gasteiger partial charge in [0.25, 0.3) is 5.91 Å². The maximum Gasteiger partial charge on any atom is 0.259 e. The maximum absolute atomic E-state index is 12.7. The van der Waals surface area contributed by atoms with E-state index in [4.69, 9.17) is 0 Å². The van der Waals surface area contributed by atoms with Crippen molar-refractivity contribution in [2.24, 2.45) is 0 Å². The zero-order valence-electron chi connectivity index (χ0n) is 11.4. The Balaban J connectivity index is 1.88. The van der Waals surface area contributed by atoms with Crippen molar-refractivity contribution in [3.05, 3.63) is 30.0 Å². The third-order valence-corrected chi connectivity index (χ3v) is 4.03. The van der Waals surface area contributed by atoms with E-state index in [1.807, 2.05) is 0 Å². The quantitative estimate of drug-likeness (QED) is 0.755. The lowest BCUT2D eigenvalue weighted by Gasteiger charge is -2.30. The molecule has 2 aliphatic heterocycles. The number of rotatable bonds is 1. The van der Waals surface area contributed by atoms with Gasteiger partial charge in [0.15, 0.2) is 0 Å². The molecular weight excluding hydrogens is 286 g/mol. The topological polar surface area (TPSA) is 99.6 Å². The lowest BCUT2D eigenvalue weighted by Crippen LogP contribution is -2.53. The van der Waals surface area contributed by atoms with Gasteiger partial charge in [-0.1, -0.05) is 0 Å². The minimum Gasteiger partial charge on any atom is -0.508 e. The number of benzene rings is 1. The third-order valence-electron chi connectivity index (χ3n) is 4.03. The summed E-state index contributed by atoms with van der Waals surface area (Å²) in [7, 11) is 0. The SMILES string of the molecule is O=C1CCC(N2C(=O)c3cc(O)cc4nccc2c34)C(=O)N1. The molecule has 0 spiro atoms. The standard InChI is InChI=1S/C15H11N3O4/c19-7-5-8-13-9(6-7)16-4-3-10(13)18(15(8)22)11-1-2-12(20)17-14(11)21/h3-6,11,19H,1-2H2,(H,17,20,21). The molecule has 2 aromatic rings. The van der Waals surface area contributed by atoms with Crippen molar-refractivity contribution in [3.8, 4) is 5.75 Å². The van der Waals surface area contributed by atoms with Crippen LogP contribution < -0.4 is 10.2 Å². The monoisotopic (exact) mass is 297 g/mol. The number of nitrogens with zero attached hydrogens (tertiary/aromatic N) is 2. The fraction of sp³-hybridized carbons (Fsp3) is 0.200. The number of phenolic OH excluding ortho intramolecular Hbond substituents is 1. The lowest BCUT2D eigenvalue weighted by molar-refractivity contribution is -0.134. The van der Waals surface area contributed by atoms with Gasteiger partial charge < -0.3 is 5.11 Å². The molecule has 110 valence electrons. The predicted octanol–water partition coefficient (Wildman–Crippen LogP) is 0.706. The van der Waals surface area contributed by atoms with E-state index in [2.05, 4.69) is 10.3 Å². The summed E-state index contributed by atoms with van der Waals surface area (Å²) in [5.74, 6) is -1.22. The van der Waals surface area contributed by atoms with Gasteiger partial charge in [-0.3, -0.25) is 29.6 Å². The number of carbonyl (C=O) groups is 3. The van der Waals surface area contributed by atoms with Crippen molar-refractivity contribution in [2.45, 2.75) is 18.9 Å². The van der Waals surface area contributed by atoms with Crippen LogP contribution in [-0.4, -0.2) is 33.9 Å². The molecule has 0 saturated carbocycles. The maximum atomic E-state index is 12.7. The molecule has 1 aromatic heterocycles. The minimum absolute atomic E-state index is 0.0503. The van der Waals surface area contributed by atoms with Crippen LogP contribution in [0.4, 0.5) is 5.69 Å². The number of hydrogen-bond donors (Lipinski definition) is 2. The first-order chi connectivity index (χ1) is 10.6. The van der Waals surface area contributed by atoms with Crippen LogP contribution in [0.3, 0.4) is 0 Å². The highest BCUT2D eigenvalue weighted by atomic mass is 16.3. The number of imide groups is 1. The molecular formula is C15H11N3O4. The number of anilines is 1. The van der Waals surface area contributed by atoms with E-state index in [9.17, 15) is 19.5 Å². The largest absolute Gasteiger partial charge is 0.508 e. The van der Waals surface area contributed by atoms with Gasteiger partial charge in [0.1, 0.15) is 11.8 Å². The zero-order chi connectivity index (χ0) is 15.4. The molecule has 0 bridgehead atoms. The third kappa shape index (κ3) is 1.62. The smallest absolute Gasteiger partial charge is 0.259 e. The van der Waals surface area contributed by atoms with E-state index in [-0.39, 0.29) is 30.4 Å². The summed E-state index contributed by atoms with van der Waals surface area (Å²) in [6.07, 6.45) is 1.99. The highest BCUT2D eigenvalue weighted by molar-refractivity contribution is 6.26. The summed E-state index contributed by atoms with van der Waals surface area (Å²) in [5.41, 5.74) is 1.40.